The summed E-state index contributed by atoms with van der Waals surface area (Å²) >= 11 is 0. The molecule has 0 bridgehead atoms. The second-order valence-electron chi connectivity index (χ2n) is 11.5. The minimum absolute atomic E-state index is 0.150. The highest BCUT2D eigenvalue weighted by atomic mass is 32.2. The van der Waals surface area contributed by atoms with Gasteiger partial charge in [-0.2, -0.15) is 0 Å². The summed E-state index contributed by atoms with van der Waals surface area (Å²) in [5.74, 6) is 1.52. The number of hydrogen-bond acceptors (Lipinski definition) is 4. The molecule has 0 radical (unpaired) electrons. The molecule has 0 aliphatic carbocycles. The Morgan fingerprint density at radius 3 is 2.55 bits per heavy atom. The first-order valence-corrected chi connectivity index (χ1v) is 18.0. The number of rotatable bonds is 12. The Morgan fingerprint density at radius 2 is 1.75 bits per heavy atom. The zero-order chi connectivity index (χ0) is 28.1. The van der Waals surface area contributed by atoms with Crippen LogP contribution in [0.1, 0.15) is 71.1 Å². The van der Waals surface area contributed by atoms with Gasteiger partial charge >= 0.3 is 0 Å². The van der Waals surface area contributed by atoms with Crippen LogP contribution in [0.3, 0.4) is 0 Å². The van der Waals surface area contributed by atoms with E-state index in [2.05, 4.69) is 58.6 Å². The van der Waals surface area contributed by atoms with E-state index >= 15 is 0 Å². The van der Waals surface area contributed by atoms with Gasteiger partial charge < -0.3 is 9.47 Å². The molecule has 1 aromatic heterocycles. The molecule has 0 saturated carbocycles. The minimum Gasteiger partial charge on any atom is -0.371 e. The van der Waals surface area contributed by atoms with Crippen LogP contribution in [-0.2, 0) is 32.8 Å². The molecule has 2 fully saturated rings. The van der Waals surface area contributed by atoms with Crippen LogP contribution >= 0.6 is 0 Å². The number of fused-ring (bicyclic) bond motifs is 1. The number of nitrogens with one attached hydrogen (secondary N) is 1. The fourth-order valence-electron chi connectivity index (χ4n) is 6.48. The highest BCUT2D eigenvalue weighted by molar-refractivity contribution is 7.98. The van der Waals surface area contributed by atoms with Gasteiger partial charge in [0.05, 0.1) is 22.0 Å². The van der Waals surface area contributed by atoms with E-state index < -0.39 is 15.9 Å². The maximum Gasteiger partial charge on any atom is 0.264 e. The fourth-order valence-corrected chi connectivity index (χ4v) is 10.7. The maximum absolute atomic E-state index is 12.8. The van der Waals surface area contributed by atoms with Crippen molar-refractivity contribution < 1.29 is 13.2 Å². The number of nitrogens with zero attached hydrogens (tertiary/aromatic N) is 2. The number of amides is 1. The number of anilines is 1. The smallest absolute Gasteiger partial charge is 0.264 e. The summed E-state index contributed by atoms with van der Waals surface area (Å²) in [6.07, 6.45) is 12.7. The van der Waals surface area contributed by atoms with Gasteiger partial charge in [-0.1, -0.05) is 51.2 Å². The van der Waals surface area contributed by atoms with E-state index in [1.165, 1.54) is 60.1 Å². The second-order valence-corrected chi connectivity index (χ2v) is 15.5. The lowest BCUT2D eigenvalue weighted by atomic mass is 10.0. The van der Waals surface area contributed by atoms with Gasteiger partial charge in [0.15, 0.2) is 4.90 Å². The molecule has 5 rings (SSSR count). The Morgan fingerprint density at radius 1 is 1.00 bits per heavy atom. The fraction of sp³-hybridized carbons (Fsp3) is 0.531. The summed E-state index contributed by atoms with van der Waals surface area (Å²) in [4.78, 5) is 16.4. The summed E-state index contributed by atoms with van der Waals surface area (Å²) < 4.78 is 30.1. The van der Waals surface area contributed by atoms with Crippen molar-refractivity contribution in [1.29, 1.82) is 0 Å². The van der Waals surface area contributed by atoms with Crippen LogP contribution in [0.4, 0.5) is 5.69 Å². The number of carbonyl (C=O) groups is 1. The van der Waals surface area contributed by atoms with Crippen LogP contribution < -0.4 is 9.62 Å². The van der Waals surface area contributed by atoms with Crippen molar-refractivity contribution >= 4 is 43.4 Å². The molecule has 3 heterocycles. The molecule has 2 aliphatic rings. The number of benzene rings is 2. The van der Waals surface area contributed by atoms with Crippen LogP contribution in [0.2, 0.25) is 0 Å². The van der Waals surface area contributed by atoms with Gasteiger partial charge in [-0.05, 0) is 55.7 Å². The first-order chi connectivity index (χ1) is 19.4. The maximum atomic E-state index is 12.8. The van der Waals surface area contributed by atoms with Gasteiger partial charge in [-0.25, -0.2) is 13.1 Å². The Labute approximate surface area is 242 Å². The Kier molecular flexibility index (Phi) is 9.46. The highest BCUT2D eigenvalue weighted by Gasteiger charge is 2.46. The van der Waals surface area contributed by atoms with Crippen LogP contribution in [0, 0.1) is 5.92 Å². The van der Waals surface area contributed by atoms with E-state index in [0.717, 1.165) is 38.0 Å². The number of para-hydroxylation sites is 1. The standard InChI is InChI=1S/C32H43N3O3S2/c1-3-4-5-6-7-8-15-32(36)33-40(37,38)27-18-16-26(17-19-27)35-21-20-25(23-35)30-14-11-22-39(30)31-24-34(2)29-13-10-9-12-28(29)31/h9-10,12-13,16-19,24-25,30H,3-8,11,14-15,20-23H2,1-2H3/p+1. The van der Waals surface area contributed by atoms with E-state index in [1.54, 1.807) is 12.1 Å². The van der Waals surface area contributed by atoms with E-state index in [1.807, 2.05) is 12.1 Å². The van der Waals surface area contributed by atoms with E-state index in [0.29, 0.717) is 11.2 Å². The molecular weight excluding hydrogens is 539 g/mol. The topological polar surface area (TPSA) is 71.4 Å². The molecule has 2 aliphatic heterocycles. The summed E-state index contributed by atoms with van der Waals surface area (Å²) in [7, 11) is -1.43. The van der Waals surface area contributed by atoms with Crippen molar-refractivity contribution in [3.8, 4) is 0 Å². The highest BCUT2D eigenvalue weighted by Crippen LogP contribution is 2.41. The second kappa shape index (κ2) is 13.0. The number of carbonyl (C=O) groups excluding carboxylic acids is 1. The third kappa shape index (κ3) is 6.54. The molecule has 216 valence electrons. The number of aryl methyl sites for hydroxylation is 1. The van der Waals surface area contributed by atoms with Gasteiger partial charge in [0.25, 0.3) is 10.0 Å². The normalized spacial score (nSPS) is 21.4. The van der Waals surface area contributed by atoms with Crippen LogP contribution in [0.15, 0.2) is 64.5 Å². The summed E-state index contributed by atoms with van der Waals surface area (Å²) in [6, 6.07) is 15.8. The van der Waals surface area contributed by atoms with Crippen molar-refractivity contribution in [3.05, 3.63) is 54.7 Å². The van der Waals surface area contributed by atoms with Gasteiger partial charge in [0.1, 0.15) is 11.0 Å². The van der Waals surface area contributed by atoms with Crippen molar-refractivity contribution in [1.82, 2.24) is 9.29 Å². The molecule has 1 amide bonds. The molecule has 2 aromatic carbocycles. The molecule has 3 aromatic rings. The van der Waals surface area contributed by atoms with E-state index in [4.69, 9.17) is 0 Å². The van der Waals surface area contributed by atoms with Gasteiger partial charge in [0, 0.05) is 55.5 Å². The molecule has 3 unspecified atom stereocenters. The predicted molar refractivity (Wildman–Crippen MR) is 167 cm³/mol. The van der Waals surface area contributed by atoms with Crippen molar-refractivity contribution in [2.75, 3.05) is 23.7 Å². The molecule has 2 saturated heterocycles. The van der Waals surface area contributed by atoms with Crippen molar-refractivity contribution in [3.63, 3.8) is 0 Å². The van der Waals surface area contributed by atoms with Crippen LogP contribution in [0.5, 0.6) is 0 Å². The average Bonchev–Trinajstić information content (AvgIpc) is 3.69. The minimum atomic E-state index is -3.85. The zero-order valence-corrected chi connectivity index (χ0v) is 25.6. The zero-order valence-electron chi connectivity index (χ0n) is 24.0. The Balaban J connectivity index is 1.17. The summed E-state index contributed by atoms with van der Waals surface area (Å²) in [5.41, 5.74) is 2.38. The average molecular weight is 583 g/mol. The molecule has 0 spiro atoms. The number of hydrogen-bond donors (Lipinski definition) is 1. The van der Waals surface area contributed by atoms with Crippen LogP contribution in [0.25, 0.3) is 10.9 Å². The van der Waals surface area contributed by atoms with Gasteiger partial charge in [-0.15, -0.1) is 0 Å². The van der Waals surface area contributed by atoms with Crippen molar-refractivity contribution in [2.45, 2.75) is 86.2 Å². The summed E-state index contributed by atoms with van der Waals surface area (Å²) in [6.45, 7) is 4.18. The molecule has 8 heteroatoms. The third-order valence-electron chi connectivity index (χ3n) is 8.63. The quantitative estimate of drug-likeness (QED) is 0.198. The molecule has 40 heavy (non-hydrogen) atoms. The SMILES string of the molecule is CCCCCCCCC(=O)NS(=O)(=O)c1ccc(N2CCC(C3CCC[S+]3c3cn(C)c4ccccc34)C2)cc1. The van der Waals surface area contributed by atoms with Gasteiger partial charge in [0.2, 0.25) is 5.91 Å². The molecule has 3 atom stereocenters. The van der Waals surface area contributed by atoms with E-state index in [9.17, 15) is 13.2 Å². The molecule has 6 nitrogen and oxygen atoms in total. The Bertz CT molecular complexity index is 1400. The first-order valence-electron chi connectivity index (χ1n) is 15.0. The lowest BCUT2D eigenvalue weighted by molar-refractivity contribution is -0.119. The number of aromatic nitrogens is 1. The first kappa shape index (κ1) is 29.1. The van der Waals surface area contributed by atoms with Crippen LogP contribution in [-0.4, -0.2) is 43.0 Å². The van der Waals surface area contributed by atoms with Gasteiger partial charge in [-0.3, -0.25) is 4.79 Å². The third-order valence-corrected chi connectivity index (χ3v) is 13.0. The number of sulfonamides is 1. The monoisotopic (exact) mass is 582 g/mol. The lowest BCUT2D eigenvalue weighted by Gasteiger charge is -2.21. The lowest BCUT2D eigenvalue weighted by Crippen LogP contribution is -2.30. The van der Waals surface area contributed by atoms with E-state index in [-0.39, 0.29) is 22.2 Å². The molecule has 1 N–H and O–H groups in total. The van der Waals surface area contributed by atoms with Crippen molar-refractivity contribution in [2.24, 2.45) is 13.0 Å². The molecular formula is C32H44N3O3S2+. The Hall–Kier alpha value is -2.45. The summed E-state index contributed by atoms with van der Waals surface area (Å²) in [5, 5.41) is 2.11. The number of unbranched alkanes of at least 4 members (excludes halogenated alkanes) is 5. The largest absolute Gasteiger partial charge is 0.371 e. The predicted octanol–water partition coefficient (Wildman–Crippen LogP) is 6.40.